The van der Waals surface area contributed by atoms with Gasteiger partial charge in [-0.1, -0.05) is 24.3 Å². The molecule has 1 atom stereocenters. The van der Waals surface area contributed by atoms with Gasteiger partial charge in [0.15, 0.2) is 17.5 Å². The number of halogens is 1. The zero-order valence-electron chi connectivity index (χ0n) is 44.3. The summed E-state index contributed by atoms with van der Waals surface area (Å²) in [5.41, 5.74) is 3.89. The van der Waals surface area contributed by atoms with Crippen molar-refractivity contribution in [2.24, 2.45) is 35.2 Å². The van der Waals surface area contributed by atoms with Crippen LogP contribution in [0.4, 0.5) is 40.2 Å². The summed E-state index contributed by atoms with van der Waals surface area (Å²) in [6.07, 6.45) is 7.26. The van der Waals surface area contributed by atoms with Crippen LogP contribution in [0.1, 0.15) is 88.1 Å². The molecule has 0 fully saturated rings. The molecule has 1 aliphatic heterocycles. The maximum Gasteiger partial charge on any atom is 0.292 e. The second-order valence-electron chi connectivity index (χ2n) is 19.3. The highest BCUT2D eigenvalue weighted by molar-refractivity contribution is 6.19. The lowest BCUT2D eigenvalue weighted by atomic mass is 9.95. The van der Waals surface area contributed by atoms with Crippen LogP contribution in [-0.4, -0.2) is 114 Å². The molecule has 10 rings (SSSR count). The highest BCUT2D eigenvalue weighted by Crippen LogP contribution is 2.45. The molecule has 0 saturated carbocycles. The van der Waals surface area contributed by atoms with E-state index in [4.69, 9.17) is 11.6 Å². The Labute approximate surface area is 464 Å². The van der Waals surface area contributed by atoms with Crippen LogP contribution in [0.25, 0.3) is 21.7 Å². The topological polar surface area (TPSA) is 323 Å². The molecule has 0 bridgehead atoms. The minimum Gasteiger partial charge on any atom is -0.507 e. The van der Waals surface area contributed by atoms with Gasteiger partial charge >= 0.3 is 0 Å². The Bertz CT molecular complexity index is 4080. The molecular formula is C54H52ClN17O9. The van der Waals surface area contributed by atoms with Gasteiger partial charge in [0, 0.05) is 132 Å². The number of nitrogens with one attached hydrogen (secondary N) is 8. The zero-order valence-corrected chi connectivity index (χ0v) is 45.0. The molecule has 0 aliphatic carbocycles. The SMILES string of the molecule is CC(=O)Nc1cn(C)c(C(=O)Nc2cn(C)c(C(=O)Nc3cc(C(=O)NCCC(=O)Nc4cn(C)c(C(=O)Nc5cc(C(=O)Nc6ccc7[nH]c(C(=O)N8CC(CCl)c9c8cc(O)c8ccccc98)cc7c6)n(C)c5)n4)n(C)c3)n2)n1. The van der Waals surface area contributed by atoms with E-state index in [2.05, 4.69) is 57.2 Å². The predicted molar refractivity (Wildman–Crippen MR) is 301 cm³/mol. The van der Waals surface area contributed by atoms with Crippen molar-refractivity contribution >= 4 is 121 Å². The van der Waals surface area contributed by atoms with Gasteiger partial charge in [0.1, 0.15) is 22.8 Å². The van der Waals surface area contributed by atoms with Crippen molar-refractivity contribution in [2.45, 2.75) is 19.3 Å². The van der Waals surface area contributed by atoms with Gasteiger partial charge in [-0.2, -0.15) is 0 Å². The summed E-state index contributed by atoms with van der Waals surface area (Å²) < 4.78 is 7.27. The molecule has 1 aliphatic rings. The normalized spacial score (nSPS) is 12.8. The van der Waals surface area contributed by atoms with Gasteiger partial charge in [-0.25, -0.2) is 15.0 Å². The molecule has 81 heavy (non-hydrogen) atoms. The fourth-order valence-corrected chi connectivity index (χ4v) is 9.90. The average molecular weight is 1120 g/mol. The third kappa shape index (κ3) is 11.0. The number of anilines is 7. The first-order valence-corrected chi connectivity index (χ1v) is 25.5. The van der Waals surface area contributed by atoms with Crippen LogP contribution >= 0.6 is 11.6 Å². The molecule has 9 N–H and O–H groups in total. The largest absolute Gasteiger partial charge is 0.507 e. The molecule has 1 unspecified atom stereocenters. The van der Waals surface area contributed by atoms with Crippen molar-refractivity contribution in [2.75, 3.05) is 55.8 Å². The van der Waals surface area contributed by atoms with E-state index in [0.29, 0.717) is 45.6 Å². The monoisotopic (exact) mass is 1120 g/mol. The van der Waals surface area contributed by atoms with Gasteiger partial charge in [-0.15, -0.1) is 11.6 Å². The number of rotatable bonds is 16. The van der Waals surface area contributed by atoms with Gasteiger partial charge in [-0.3, -0.25) is 38.4 Å². The van der Waals surface area contributed by atoms with Crippen molar-refractivity contribution in [3.63, 3.8) is 0 Å². The van der Waals surface area contributed by atoms with Crippen LogP contribution in [0.15, 0.2) is 97.7 Å². The molecule has 0 radical (unpaired) electrons. The van der Waals surface area contributed by atoms with E-state index in [1.54, 1.807) is 81.2 Å². The Balaban J connectivity index is 0.692. The number of aryl methyl sites for hydroxylation is 5. The molecule has 3 aromatic carbocycles. The maximum atomic E-state index is 14.0. The van der Waals surface area contributed by atoms with Gasteiger partial charge in [0.25, 0.3) is 35.4 Å². The van der Waals surface area contributed by atoms with E-state index in [1.807, 2.05) is 24.3 Å². The first-order valence-electron chi connectivity index (χ1n) is 25.0. The first-order chi connectivity index (χ1) is 38.7. The number of phenolic OH excluding ortho intramolecular Hbond substituents is 1. The predicted octanol–water partition coefficient (Wildman–Crippen LogP) is 5.61. The number of carbonyl (C=O) groups excluding carboxylic acids is 8. The third-order valence-corrected chi connectivity index (χ3v) is 13.7. The summed E-state index contributed by atoms with van der Waals surface area (Å²) in [6.45, 7) is 1.58. The molecule has 9 aromatic rings. The number of amides is 8. The fourth-order valence-electron chi connectivity index (χ4n) is 9.65. The van der Waals surface area contributed by atoms with E-state index < -0.39 is 35.4 Å². The molecule has 414 valence electrons. The summed E-state index contributed by atoms with van der Waals surface area (Å²) in [4.78, 5) is 122. The number of hydrogen-bond donors (Lipinski definition) is 9. The van der Waals surface area contributed by atoms with Gasteiger partial charge in [-0.05, 0) is 47.3 Å². The van der Waals surface area contributed by atoms with Gasteiger partial charge in [0.2, 0.25) is 29.3 Å². The minimum atomic E-state index is -0.636. The standard InChI is InChI=1S/C54H52ClN17O9/c1-27(73)57-41-24-69(4)48(63-41)53(80)66-43-26-71(6)47(65-43)52(79)59-31-17-38(67(2)22-31)49(76)56-14-13-44(75)62-42-25-70(5)46(64-42)51(78)60-32-18-39(68(3)23-32)50(77)58-30-11-12-35-28(15-30)16-36(61-35)54(81)72-21-29(20-55)45-34-10-8-7-9-33(34)40(74)19-37(45)72/h7-12,15-19,22-26,29,61,74H,13-14,20-21H2,1-6H3,(H,56,76)(H,57,73)(H,58,77)(H,59,79)(H,60,78)(H,62,75)(H,66,80). The smallest absolute Gasteiger partial charge is 0.292 e. The first kappa shape index (κ1) is 53.9. The summed E-state index contributed by atoms with van der Waals surface area (Å²) in [5, 5.41) is 31.7. The number of fused-ring (bicyclic) bond motifs is 4. The summed E-state index contributed by atoms with van der Waals surface area (Å²) in [6, 6.07) is 18.9. The van der Waals surface area contributed by atoms with Crippen molar-refractivity contribution in [3.8, 4) is 5.75 Å². The van der Waals surface area contributed by atoms with Crippen LogP contribution in [0.2, 0.25) is 0 Å². The summed E-state index contributed by atoms with van der Waals surface area (Å²) in [5.74, 6) is -3.61. The number of aromatic nitrogens is 9. The Morgan fingerprint density at radius 1 is 0.605 bits per heavy atom. The number of phenols is 1. The molecule has 0 saturated heterocycles. The highest BCUT2D eigenvalue weighted by atomic mass is 35.5. The number of alkyl halides is 1. The maximum absolute atomic E-state index is 14.0. The molecule has 7 heterocycles. The van der Waals surface area contributed by atoms with Crippen LogP contribution in [0.5, 0.6) is 5.75 Å². The van der Waals surface area contributed by atoms with Gasteiger partial charge in [0.05, 0.1) is 17.1 Å². The van der Waals surface area contributed by atoms with E-state index in [-0.39, 0.29) is 94.3 Å². The number of hydrogen-bond acceptors (Lipinski definition) is 12. The molecule has 27 heteroatoms. The van der Waals surface area contributed by atoms with Crippen LogP contribution in [0, 0.1) is 0 Å². The van der Waals surface area contributed by atoms with Crippen LogP contribution < -0.4 is 42.1 Å². The Morgan fingerprint density at radius 3 is 1.74 bits per heavy atom. The molecule has 8 amide bonds. The molecular weight excluding hydrogens is 1070 g/mol. The Kier molecular flexibility index (Phi) is 14.5. The molecule has 6 aromatic heterocycles. The summed E-state index contributed by atoms with van der Waals surface area (Å²) in [7, 11) is 7.95. The zero-order chi connectivity index (χ0) is 57.6. The van der Waals surface area contributed by atoms with E-state index in [9.17, 15) is 43.5 Å². The molecule has 0 spiro atoms. The van der Waals surface area contributed by atoms with E-state index >= 15 is 0 Å². The lowest BCUT2D eigenvalue weighted by Crippen LogP contribution is -2.30. The Morgan fingerprint density at radius 2 is 1.15 bits per heavy atom. The second kappa shape index (κ2) is 21.7. The Hall–Kier alpha value is -10.5. The number of H-pyrrole nitrogens is 1. The van der Waals surface area contributed by atoms with Crippen molar-refractivity contribution in [3.05, 3.63) is 138 Å². The highest BCUT2D eigenvalue weighted by Gasteiger charge is 2.35. The van der Waals surface area contributed by atoms with E-state index in [0.717, 1.165) is 10.9 Å². The van der Waals surface area contributed by atoms with Gasteiger partial charge < -0.3 is 75.0 Å². The van der Waals surface area contributed by atoms with E-state index in [1.165, 1.54) is 62.1 Å². The van der Waals surface area contributed by atoms with Crippen molar-refractivity contribution in [1.82, 2.24) is 48.1 Å². The van der Waals surface area contributed by atoms with Crippen LogP contribution in [-0.2, 0) is 44.8 Å². The molecule has 26 nitrogen and oxygen atoms in total. The quantitative estimate of drug-likeness (QED) is 0.0533. The van der Waals surface area contributed by atoms with Crippen LogP contribution in [0.3, 0.4) is 0 Å². The fraction of sp³-hybridized carbons (Fsp3) is 0.204. The average Bonchev–Trinajstić information content (AvgIpc) is 3.98. The number of carbonyl (C=O) groups is 8. The van der Waals surface area contributed by atoms with Crippen molar-refractivity contribution < 1.29 is 43.5 Å². The number of benzene rings is 3. The second-order valence-corrected chi connectivity index (χ2v) is 19.6. The summed E-state index contributed by atoms with van der Waals surface area (Å²) >= 11 is 6.41. The number of nitrogens with zero attached hydrogens (tertiary/aromatic N) is 9. The number of aromatic amines is 1. The lowest BCUT2D eigenvalue weighted by molar-refractivity contribution is -0.116. The number of aromatic hydroxyl groups is 1. The third-order valence-electron chi connectivity index (χ3n) is 13.4. The lowest BCUT2D eigenvalue weighted by Gasteiger charge is -2.17. The minimum absolute atomic E-state index is 0.00793. The number of imidazole rings is 3. The van der Waals surface area contributed by atoms with Crippen molar-refractivity contribution in [1.29, 1.82) is 0 Å².